The molecule has 1 N–H and O–H groups in total. The van der Waals surface area contributed by atoms with Crippen LogP contribution >= 0.6 is 27.5 Å². The summed E-state index contributed by atoms with van der Waals surface area (Å²) in [6.07, 6.45) is -0.591. The molecule has 0 fully saturated rings. The number of ether oxygens (including phenoxy) is 1. The number of hydrogen-bond acceptors (Lipinski definition) is 2. The van der Waals surface area contributed by atoms with E-state index in [-0.39, 0.29) is 10.8 Å². The molecule has 19 heavy (non-hydrogen) atoms. The SMILES string of the molecule is CC(O)c1ccc(Oc2cccc(Cl)c2F)cc1Br. The zero-order chi connectivity index (χ0) is 14.0. The maximum atomic E-state index is 13.7. The Bertz CT molecular complexity index is 602. The molecule has 2 aromatic rings. The Kier molecular flexibility index (Phi) is 4.45. The van der Waals surface area contributed by atoms with Gasteiger partial charge < -0.3 is 9.84 Å². The van der Waals surface area contributed by atoms with Crippen LogP contribution in [0.2, 0.25) is 5.02 Å². The van der Waals surface area contributed by atoms with Crippen LogP contribution in [-0.2, 0) is 0 Å². The highest BCUT2D eigenvalue weighted by atomic mass is 79.9. The average molecular weight is 346 g/mol. The average Bonchev–Trinajstić information content (AvgIpc) is 2.34. The summed E-state index contributed by atoms with van der Waals surface area (Å²) in [5.41, 5.74) is 0.735. The molecule has 1 unspecified atom stereocenters. The molecule has 0 aromatic heterocycles. The lowest BCUT2D eigenvalue weighted by Gasteiger charge is -2.11. The Morgan fingerprint density at radius 2 is 2.05 bits per heavy atom. The van der Waals surface area contributed by atoms with Gasteiger partial charge in [-0.25, -0.2) is 4.39 Å². The van der Waals surface area contributed by atoms with Crippen LogP contribution in [-0.4, -0.2) is 5.11 Å². The van der Waals surface area contributed by atoms with Crippen LogP contribution in [0, 0.1) is 5.82 Å². The Hall–Kier alpha value is -1.10. The number of aliphatic hydroxyl groups is 1. The van der Waals surface area contributed by atoms with Crippen molar-refractivity contribution in [2.24, 2.45) is 0 Å². The monoisotopic (exact) mass is 344 g/mol. The van der Waals surface area contributed by atoms with Crippen molar-refractivity contribution in [3.05, 3.63) is 57.3 Å². The van der Waals surface area contributed by atoms with Crippen LogP contribution in [0.25, 0.3) is 0 Å². The summed E-state index contributed by atoms with van der Waals surface area (Å²) in [7, 11) is 0. The van der Waals surface area contributed by atoms with Crippen LogP contribution in [0.5, 0.6) is 11.5 Å². The minimum atomic E-state index is -0.597. The van der Waals surface area contributed by atoms with Crippen molar-refractivity contribution in [2.75, 3.05) is 0 Å². The summed E-state index contributed by atoms with van der Waals surface area (Å²) in [6, 6.07) is 9.61. The van der Waals surface area contributed by atoms with E-state index in [4.69, 9.17) is 16.3 Å². The second-order valence-electron chi connectivity index (χ2n) is 4.01. The van der Waals surface area contributed by atoms with Gasteiger partial charge in [0.25, 0.3) is 0 Å². The first-order chi connectivity index (χ1) is 8.99. The lowest BCUT2D eigenvalue weighted by atomic mass is 10.1. The van der Waals surface area contributed by atoms with Crippen molar-refractivity contribution in [1.82, 2.24) is 0 Å². The van der Waals surface area contributed by atoms with Gasteiger partial charge in [-0.3, -0.25) is 0 Å². The summed E-state index contributed by atoms with van der Waals surface area (Å²) in [5, 5.41) is 9.53. The van der Waals surface area contributed by atoms with Crippen molar-refractivity contribution < 1.29 is 14.2 Å². The summed E-state index contributed by atoms with van der Waals surface area (Å²) < 4.78 is 19.8. The first-order valence-corrected chi connectivity index (χ1v) is 6.75. The van der Waals surface area contributed by atoms with E-state index in [1.165, 1.54) is 12.1 Å². The second kappa shape index (κ2) is 5.90. The van der Waals surface area contributed by atoms with Gasteiger partial charge in [0, 0.05) is 4.47 Å². The van der Waals surface area contributed by atoms with E-state index in [1.54, 1.807) is 31.2 Å². The van der Waals surface area contributed by atoms with E-state index < -0.39 is 11.9 Å². The van der Waals surface area contributed by atoms with Crippen molar-refractivity contribution >= 4 is 27.5 Å². The third kappa shape index (κ3) is 3.26. The zero-order valence-corrected chi connectivity index (χ0v) is 12.4. The first kappa shape index (κ1) is 14.3. The smallest absolute Gasteiger partial charge is 0.184 e. The van der Waals surface area contributed by atoms with E-state index >= 15 is 0 Å². The Labute approximate surface area is 123 Å². The van der Waals surface area contributed by atoms with Crippen molar-refractivity contribution in [3.8, 4) is 11.5 Å². The number of hydrogen-bond donors (Lipinski definition) is 1. The molecule has 0 aliphatic rings. The number of aliphatic hydroxyl groups excluding tert-OH is 1. The normalized spacial score (nSPS) is 12.3. The number of rotatable bonds is 3. The van der Waals surface area contributed by atoms with Gasteiger partial charge in [-0.15, -0.1) is 0 Å². The maximum absolute atomic E-state index is 13.7. The molecule has 0 spiro atoms. The van der Waals surface area contributed by atoms with Crippen LogP contribution in [0.15, 0.2) is 40.9 Å². The second-order valence-corrected chi connectivity index (χ2v) is 5.27. The predicted molar refractivity (Wildman–Crippen MR) is 76.3 cm³/mol. The number of benzene rings is 2. The largest absolute Gasteiger partial charge is 0.454 e. The van der Waals surface area contributed by atoms with Crippen LogP contribution in [0.1, 0.15) is 18.6 Å². The molecular formula is C14H11BrClFO2. The summed E-state index contributed by atoms with van der Waals surface area (Å²) in [5.74, 6) is -0.0819. The Balaban J connectivity index is 2.29. The third-order valence-corrected chi connectivity index (χ3v) is 3.54. The van der Waals surface area contributed by atoms with Gasteiger partial charge >= 0.3 is 0 Å². The van der Waals surface area contributed by atoms with Gasteiger partial charge in [0.1, 0.15) is 5.75 Å². The molecular weight excluding hydrogens is 335 g/mol. The molecule has 0 amide bonds. The predicted octanol–water partition coefficient (Wildman–Crippen LogP) is 5.09. The van der Waals surface area contributed by atoms with E-state index in [2.05, 4.69) is 15.9 Å². The van der Waals surface area contributed by atoms with Gasteiger partial charge in [-0.1, -0.05) is 39.7 Å². The highest BCUT2D eigenvalue weighted by Gasteiger charge is 2.11. The molecule has 0 saturated heterocycles. The molecule has 2 aromatic carbocycles. The van der Waals surface area contributed by atoms with E-state index in [1.807, 2.05) is 0 Å². The molecule has 0 bridgehead atoms. The highest BCUT2D eigenvalue weighted by molar-refractivity contribution is 9.10. The van der Waals surface area contributed by atoms with Crippen LogP contribution in [0.4, 0.5) is 4.39 Å². The molecule has 0 aliphatic heterocycles. The minimum absolute atomic E-state index is 0.0113. The first-order valence-electron chi connectivity index (χ1n) is 5.58. The molecule has 1 atom stereocenters. The topological polar surface area (TPSA) is 29.5 Å². The molecule has 2 nitrogen and oxygen atoms in total. The zero-order valence-electron chi connectivity index (χ0n) is 10.0. The Morgan fingerprint density at radius 3 is 2.68 bits per heavy atom. The maximum Gasteiger partial charge on any atom is 0.184 e. The van der Waals surface area contributed by atoms with Crippen LogP contribution < -0.4 is 4.74 Å². The molecule has 5 heteroatoms. The summed E-state index contributed by atoms with van der Waals surface area (Å²) in [6.45, 7) is 1.66. The number of halogens is 3. The summed E-state index contributed by atoms with van der Waals surface area (Å²) in [4.78, 5) is 0. The lowest BCUT2D eigenvalue weighted by Crippen LogP contribution is -1.94. The van der Waals surface area contributed by atoms with E-state index in [0.717, 1.165) is 5.56 Å². The lowest BCUT2D eigenvalue weighted by molar-refractivity contribution is 0.198. The van der Waals surface area contributed by atoms with E-state index in [0.29, 0.717) is 10.2 Å². The highest BCUT2D eigenvalue weighted by Crippen LogP contribution is 2.32. The van der Waals surface area contributed by atoms with Gasteiger partial charge in [-0.05, 0) is 36.8 Å². The minimum Gasteiger partial charge on any atom is -0.454 e. The fraction of sp³-hybridized carbons (Fsp3) is 0.143. The summed E-state index contributed by atoms with van der Waals surface area (Å²) >= 11 is 9.02. The van der Waals surface area contributed by atoms with Crippen LogP contribution in [0.3, 0.4) is 0 Å². The fourth-order valence-electron chi connectivity index (χ4n) is 1.60. The fourth-order valence-corrected chi connectivity index (χ4v) is 2.45. The van der Waals surface area contributed by atoms with Crippen molar-refractivity contribution in [2.45, 2.75) is 13.0 Å². The molecule has 0 heterocycles. The van der Waals surface area contributed by atoms with Gasteiger partial charge in [0.05, 0.1) is 11.1 Å². The van der Waals surface area contributed by atoms with Gasteiger partial charge in [0.15, 0.2) is 11.6 Å². The van der Waals surface area contributed by atoms with Crippen molar-refractivity contribution in [3.63, 3.8) is 0 Å². The van der Waals surface area contributed by atoms with E-state index in [9.17, 15) is 9.50 Å². The van der Waals surface area contributed by atoms with Crippen molar-refractivity contribution in [1.29, 1.82) is 0 Å². The molecule has 100 valence electrons. The molecule has 0 aliphatic carbocycles. The van der Waals surface area contributed by atoms with Gasteiger partial charge in [-0.2, -0.15) is 0 Å². The Morgan fingerprint density at radius 1 is 1.32 bits per heavy atom. The molecule has 0 radical (unpaired) electrons. The standard InChI is InChI=1S/C14H11BrClFO2/c1-8(18)10-6-5-9(7-11(10)15)19-13-4-2-3-12(16)14(13)17/h2-8,18H,1H3. The third-order valence-electron chi connectivity index (χ3n) is 2.57. The van der Waals surface area contributed by atoms with Gasteiger partial charge in [0.2, 0.25) is 0 Å². The molecule has 2 rings (SSSR count). The quantitative estimate of drug-likeness (QED) is 0.840. The molecule has 0 saturated carbocycles.